The van der Waals surface area contributed by atoms with Crippen molar-refractivity contribution in [2.45, 2.75) is 17.7 Å². The van der Waals surface area contributed by atoms with E-state index in [4.69, 9.17) is 0 Å². The smallest absolute Gasteiger partial charge is 0.0619 e. The Balaban J connectivity index is 2.08. The minimum absolute atomic E-state index is 0.509. The third kappa shape index (κ3) is 1.99. The molecule has 2 rings (SSSR count). The van der Waals surface area contributed by atoms with Gasteiger partial charge in [0.2, 0.25) is 0 Å². The lowest BCUT2D eigenvalue weighted by atomic mass is 10.4. The van der Waals surface area contributed by atoms with Gasteiger partial charge < -0.3 is 0 Å². The normalized spacial score (nSPS) is 23.8. The van der Waals surface area contributed by atoms with Gasteiger partial charge in [-0.3, -0.25) is 0 Å². The monoisotopic (exact) mass is 197 g/mol. The third-order valence-corrected chi connectivity index (χ3v) is 6.58. The van der Waals surface area contributed by atoms with Gasteiger partial charge >= 0.3 is 0 Å². The molecular formula is C10H13S2+. The van der Waals surface area contributed by atoms with E-state index in [0.29, 0.717) is 9.93 Å². The van der Waals surface area contributed by atoms with Crippen molar-refractivity contribution in [1.29, 1.82) is 0 Å². The highest BCUT2D eigenvalue weighted by molar-refractivity contribution is 8.74. The number of hydrogen-bond acceptors (Lipinski definition) is 1. The molecule has 0 nitrogen and oxygen atoms in total. The van der Waals surface area contributed by atoms with Crippen LogP contribution < -0.4 is 0 Å². The molecule has 64 valence electrons. The highest BCUT2D eigenvalue weighted by atomic mass is 33.1. The summed E-state index contributed by atoms with van der Waals surface area (Å²) in [5, 5.41) is 0. The van der Waals surface area contributed by atoms with Gasteiger partial charge in [-0.25, -0.2) is 0 Å². The predicted octanol–water partition coefficient (Wildman–Crippen LogP) is 3.11. The standard InChI is InChI=1S/C10H13S2/c1-2-6-10(7-3-1)12-9-5-4-8-11-12/h1-3,6-7H,4-5,8-9H2/q+1. The van der Waals surface area contributed by atoms with E-state index in [-0.39, 0.29) is 0 Å². The van der Waals surface area contributed by atoms with E-state index in [0.717, 1.165) is 0 Å². The Labute approximate surface area is 80.5 Å². The van der Waals surface area contributed by atoms with Crippen LogP contribution in [0, 0.1) is 0 Å². The van der Waals surface area contributed by atoms with Gasteiger partial charge in [-0.15, -0.1) is 0 Å². The molecule has 1 unspecified atom stereocenters. The van der Waals surface area contributed by atoms with E-state index in [2.05, 4.69) is 41.1 Å². The zero-order valence-corrected chi connectivity index (χ0v) is 8.66. The van der Waals surface area contributed by atoms with Gasteiger partial charge in [0, 0.05) is 5.75 Å². The average Bonchev–Trinajstić information content (AvgIpc) is 2.21. The molecule has 0 saturated carbocycles. The first kappa shape index (κ1) is 8.52. The first-order valence-corrected chi connectivity index (χ1v) is 7.26. The van der Waals surface area contributed by atoms with E-state index in [1.807, 2.05) is 0 Å². The summed E-state index contributed by atoms with van der Waals surface area (Å²) >= 11 is 0. The summed E-state index contributed by atoms with van der Waals surface area (Å²) in [7, 11) is 2.65. The molecule has 1 heterocycles. The molecule has 0 bridgehead atoms. The Kier molecular flexibility index (Phi) is 3.01. The molecule has 0 N–H and O–H groups in total. The van der Waals surface area contributed by atoms with Crippen molar-refractivity contribution in [3.05, 3.63) is 30.3 Å². The topological polar surface area (TPSA) is 0 Å². The first-order valence-electron chi connectivity index (χ1n) is 4.36. The predicted molar refractivity (Wildman–Crippen MR) is 58.6 cm³/mol. The zero-order chi connectivity index (χ0) is 8.23. The van der Waals surface area contributed by atoms with Crippen molar-refractivity contribution in [2.75, 3.05) is 11.5 Å². The van der Waals surface area contributed by atoms with Crippen molar-refractivity contribution in [3.63, 3.8) is 0 Å². The molecule has 1 atom stereocenters. The van der Waals surface area contributed by atoms with Crippen LogP contribution in [0.1, 0.15) is 12.8 Å². The van der Waals surface area contributed by atoms with Crippen LogP contribution >= 0.6 is 10.8 Å². The maximum absolute atomic E-state index is 2.27. The van der Waals surface area contributed by atoms with Gasteiger partial charge in [-0.05, 0) is 25.0 Å². The second-order valence-corrected chi connectivity index (χ2v) is 7.02. The lowest BCUT2D eigenvalue weighted by molar-refractivity contribution is 0.900. The summed E-state index contributed by atoms with van der Waals surface area (Å²) in [5.74, 6) is 2.76. The SMILES string of the molecule is c1ccc([S+]2CCCCS2)cc1. The van der Waals surface area contributed by atoms with Crippen LogP contribution in [0.3, 0.4) is 0 Å². The Morgan fingerprint density at radius 1 is 1.08 bits per heavy atom. The van der Waals surface area contributed by atoms with Crippen LogP contribution in [0.2, 0.25) is 0 Å². The Morgan fingerprint density at radius 2 is 1.92 bits per heavy atom. The summed E-state index contributed by atoms with van der Waals surface area (Å²) in [6.07, 6.45) is 2.84. The summed E-state index contributed by atoms with van der Waals surface area (Å²) in [5.41, 5.74) is 0. The summed E-state index contributed by atoms with van der Waals surface area (Å²) in [4.78, 5) is 1.54. The molecule has 0 aliphatic carbocycles. The van der Waals surface area contributed by atoms with Gasteiger partial charge in [0.05, 0.1) is 20.7 Å². The lowest BCUT2D eigenvalue weighted by Gasteiger charge is -2.10. The van der Waals surface area contributed by atoms with Crippen molar-refractivity contribution in [2.24, 2.45) is 0 Å². The molecule has 12 heavy (non-hydrogen) atoms. The van der Waals surface area contributed by atoms with Crippen molar-refractivity contribution < 1.29 is 0 Å². The second-order valence-electron chi connectivity index (χ2n) is 2.89. The summed E-state index contributed by atoms with van der Waals surface area (Å²) in [6.45, 7) is 0. The Morgan fingerprint density at radius 3 is 2.58 bits per heavy atom. The van der Waals surface area contributed by atoms with Gasteiger partial charge in [0.25, 0.3) is 0 Å². The number of benzene rings is 1. The number of rotatable bonds is 1. The van der Waals surface area contributed by atoms with Crippen molar-refractivity contribution in [3.8, 4) is 0 Å². The average molecular weight is 197 g/mol. The highest BCUT2D eigenvalue weighted by Crippen LogP contribution is 2.31. The van der Waals surface area contributed by atoms with Gasteiger partial charge in [-0.1, -0.05) is 18.2 Å². The molecular weight excluding hydrogens is 184 g/mol. The van der Waals surface area contributed by atoms with Crippen LogP contribution in [-0.2, 0) is 9.93 Å². The van der Waals surface area contributed by atoms with Crippen molar-refractivity contribution >= 4 is 20.7 Å². The molecule has 1 fully saturated rings. The van der Waals surface area contributed by atoms with Crippen LogP contribution in [0.15, 0.2) is 35.2 Å². The Bertz CT molecular complexity index is 227. The minimum Gasteiger partial charge on any atom is -0.0619 e. The Hall–Kier alpha value is -0.0800. The highest BCUT2D eigenvalue weighted by Gasteiger charge is 2.26. The molecule has 0 spiro atoms. The molecule has 0 aromatic heterocycles. The second kappa shape index (κ2) is 4.24. The molecule has 2 heteroatoms. The van der Waals surface area contributed by atoms with E-state index in [1.165, 1.54) is 24.3 Å². The lowest BCUT2D eigenvalue weighted by Crippen LogP contribution is -2.09. The molecule has 1 aliphatic heterocycles. The van der Waals surface area contributed by atoms with Crippen LogP contribution in [0.5, 0.6) is 0 Å². The summed E-state index contributed by atoms with van der Waals surface area (Å²) in [6, 6.07) is 10.9. The summed E-state index contributed by atoms with van der Waals surface area (Å²) < 4.78 is 0. The number of hydrogen-bond donors (Lipinski definition) is 0. The molecule has 0 radical (unpaired) electrons. The fourth-order valence-electron chi connectivity index (χ4n) is 1.31. The minimum atomic E-state index is 0.509. The van der Waals surface area contributed by atoms with E-state index in [9.17, 15) is 0 Å². The van der Waals surface area contributed by atoms with E-state index in [1.54, 1.807) is 4.90 Å². The maximum atomic E-state index is 2.27. The quantitative estimate of drug-likeness (QED) is 0.492. The van der Waals surface area contributed by atoms with Crippen LogP contribution in [0.25, 0.3) is 0 Å². The van der Waals surface area contributed by atoms with Crippen LogP contribution in [-0.4, -0.2) is 11.5 Å². The van der Waals surface area contributed by atoms with Gasteiger partial charge in [0.15, 0.2) is 4.90 Å². The zero-order valence-electron chi connectivity index (χ0n) is 7.03. The van der Waals surface area contributed by atoms with E-state index < -0.39 is 0 Å². The van der Waals surface area contributed by atoms with Gasteiger partial charge in [0.1, 0.15) is 5.75 Å². The van der Waals surface area contributed by atoms with Crippen LogP contribution in [0.4, 0.5) is 0 Å². The van der Waals surface area contributed by atoms with E-state index >= 15 is 0 Å². The third-order valence-electron chi connectivity index (χ3n) is 1.96. The van der Waals surface area contributed by atoms with Gasteiger partial charge in [-0.2, -0.15) is 0 Å². The molecule has 1 aromatic rings. The fraction of sp³-hybridized carbons (Fsp3) is 0.400. The molecule has 1 aromatic carbocycles. The molecule has 1 saturated heterocycles. The van der Waals surface area contributed by atoms with Crippen molar-refractivity contribution in [1.82, 2.24) is 0 Å². The maximum Gasteiger partial charge on any atom is 0.167 e. The molecule has 1 aliphatic rings. The largest absolute Gasteiger partial charge is 0.167 e. The fourth-order valence-corrected chi connectivity index (χ4v) is 5.66. The first-order chi connectivity index (χ1) is 5.97. The molecule has 0 amide bonds.